The lowest BCUT2D eigenvalue weighted by Gasteiger charge is -1.97. The van der Waals surface area contributed by atoms with E-state index >= 15 is 0 Å². The van der Waals surface area contributed by atoms with E-state index in [-0.39, 0.29) is 5.78 Å². The molecule has 2 aromatic heterocycles. The predicted molar refractivity (Wildman–Crippen MR) is 75.7 cm³/mol. The zero-order valence-electron chi connectivity index (χ0n) is 9.68. The van der Waals surface area contributed by atoms with E-state index in [1.807, 2.05) is 52.8 Å². The number of benzene rings is 1. The monoisotopic (exact) mass is 275 g/mol. The third-order valence-corrected chi connectivity index (χ3v) is 3.90. The van der Waals surface area contributed by atoms with Crippen LogP contribution in [0.1, 0.15) is 15.9 Å². The Hall–Kier alpha value is -1.58. The second-order valence-corrected chi connectivity index (χ2v) is 5.37. The normalized spacial score (nSPS) is 11.0. The number of hydrogen-bond donors (Lipinski definition) is 0. The van der Waals surface area contributed by atoms with E-state index in [0.29, 0.717) is 5.02 Å². The molecule has 0 aliphatic carbocycles. The first-order valence-corrected chi connectivity index (χ1v) is 6.80. The zero-order chi connectivity index (χ0) is 12.7. The molecule has 18 heavy (non-hydrogen) atoms. The third-order valence-electron chi connectivity index (χ3n) is 2.98. The fourth-order valence-corrected chi connectivity index (χ4v) is 2.89. The highest BCUT2D eigenvalue weighted by molar-refractivity contribution is 7.08. The van der Waals surface area contributed by atoms with Crippen molar-refractivity contribution in [1.82, 2.24) is 4.57 Å². The predicted octanol–water partition coefficient (Wildman–Crippen LogP) is 4.12. The fourth-order valence-electron chi connectivity index (χ4n) is 2.09. The molecular weight excluding hydrogens is 266 g/mol. The van der Waals surface area contributed by atoms with Crippen molar-refractivity contribution in [1.29, 1.82) is 0 Å². The van der Waals surface area contributed by atoms with Crippen LogP contribution in [0, 0.1) is 0 Å². The van der Waals surface area contributed by atoms with Crippen molar-refractivity contribution in [3.05, 3.63) is 57.4 Å². The minimum Gasteiger partial charge on any atom is -0.350 e. The molecule has 0 N–H and O–H groups in total. The van der Waals surface area contributed by atoms with Gasteiger partial charge in [-0.15, -0.1) is 0 Å². The molecule has 0 saturated carbocycles. The average molecular weight is 276 g/mol. The number of halogens is 1. The Balaban J connectivity index is 2.22. The summed E-state index contributed by atoms with van der Waals surface area (Å²) in [6.07, 6.45) is 1.86. The van der Waals surface area contributed by atoms with Crippen molar-refractivity contribution in [2.75, 3.05) is 0 Å². The van der Waals surface area contributed by atoms with Gasteiger partial charge in [-0.1, -0.05) is 17.7 Å². The number of carbonyl (C=O) groups excluding carboxylic acids is 1. The van der Waals surface area contributed by atoms with E-state index in [9.17, 15) is 4.79 Å². The Morgan fingerprint density at radius 1 is 1.33 bits per heavy atom. The van der Waals surface area contributed by atoms with Crippen LogP contribution in [-0.4, -0.2) is 10.4 Å². The van der Waals surface area contributed by atoms with E-state index in [1.54, 1.807) is 0 Å². The summed E-state index contributed by atoms with van der Waals surface area (Å²) in [5.41, 5.74) is 2.44. The van der Waals surface area contributed by atoms with Crippen LogP contribution in [-0.2, 0) is 7.05 Å². The van der Waals surface area contributed by atoms with Crippen LogP contribution in [0.25, 0.3) is 10.9 Å². The van der Waals surface area contributed by atoms with Crippen LogP contribution in [0.4, 0.5) is 0 Å². The van der Waals surface area contributed by atoms with Crippen LogP contribution in [0.15, 0.2) is 41.2 Å². The second-order valence-electron chi connectivity index (χ2n) is 4.16. The minimum absolute atomic E-state index is 0.0594. The molecule has 2 nitrogen and oxygen atoms in total. The molecular formula is C14H10ClNOS. The van der Waals surface area contributed by atoms with Gasteiger partial charge in [-0.05, 0) is 23.6 Å². The van der Waals surface area contributed by atoms with Gasteiger partial charge < -0.3 is 4.57 Å². The molecule has 0 amide bonds. The summed E-state index contributed by atoms with van der Waals surface area (Å²) in [5.74, 6) is 0.0594. The van der Waals surface area contributed by atoms with Crippen LogP contribution in [0.2, 0.25) is 5.02 Å². The molecule has 3 rings (SSSR count). The van der Waals surface area contributed by atoms with E-state index in [2.05, 4.69) is 0 Å². The van der Waals surface area contributed by atoms with Gasteiger partial charge in [0.2, 0.25) is 0 Å². The van der Waals surface area contributed by atoms with Crippen molar-refractivity contribution < 1.29 is 4.79 Å². The molecule has 0 unspecified atom stereocenters. The second kappa shape index (κ2) is 4.26. The Labute approximate surface area is 113 Å². The maximum Gasteiger partial charge on any atom is 0.196 e. The number of carbonyl (C=O) groups is 1. The number of aryl methyl sites for hydroxylation is 1. The lowest BCUT2D eigenvalue weighted by Crippen LogP contribution is -1.98. The summed E-state index contributed by atoms with van der Waals surface area (Å²) >= 11 is 7.51. The molecule has 0 saturated heterocycles. The van der Waals surface area contributed by atoms with Gasteiger partial charge in [0, 0.05) is 45.7 Å². The van der Waals surface area contributed by atoms with Crippen LogP contribution in [0.5, 0.6) is 0 Å². The highest BCUT2D eigenvalue weighted by atomic mass is 35.5. The Morgan fingerprint density at radius 2 is 2.17 bits per heavy atom. The van der Waals surface area contributed by atoms with Crippen molar-refractivity contribution in [2.45, 2.75) is 0 Å². The Kier molecular flexibility index (Phi) is 2.73. The van der Waals surface area contributed by atoms with Crippen molar-refractivity contribution >= 4 is 39.6 Å². The van der Waals surface area contributed by atoms with Gasteiger partial charge in [-0.3, -0.25) is 4.79 Å². The lowest BCUT2D eigenvalue weighted by molar-refractivity contribution is 0.104. The summed E-state index contributed by atoms with van der Waals surface area (Å²) in [6, 6.07) is 7.44. The fraction of sp³-hybridized carbons (Fsp3) is 0.0714. The van der Waals surface area contributed by atoms with E-state index in [0.717, 1.165) is 22.0 Å². The summed E-state index contributed by atoms with van der Waals surface area (Å²) in [6.45, 7) is 0. The average Bonchev–Trinajstić information content (AvgIpc) is 2.97. The number of hydrogen-bond acceptors (Lipinski definition) is 2. The maximum atomic E-state index is 12.4. The van der Waals surface area contributed by atoms with Gasteiger partial charge >= 0.3 is 0 Å². The van der Waals surface area contributed by atoms with Gasteiger partial charge in [-0.2, -0.15) is 11.3 Å². The lowest BCUT2D eigenvalue weighted by atomic mass is 10.1. The Morgan fingerprint density at radius 3 is 2.89 bits per heavy atom. The number of ketones is 1. The van der Waals surface area contributed by atoms with Crippen LogP contribution in [0.3, 0.4) is 0 Å². The first-order valence-electron chi connectivity index (χ1n) is 5.48. The van der Waals surface area contributed by atoms with Crippen molar-refractivity contribution in [2.24, 2.45) is 7.05 Å². The molecule has 3 aromatic rings. The summed E-state index contributed by atoms with van der Waals surface area (Å²) in [5, 5.41) is 5.41. The molecule has 0 fully saturated rings. The highest BCUT2D eigenvalue weighted by Crippen LogP contribution is 2.26. The van der Waals surface area contributed by atoms with E-state index < -0.39 is 0 Å². The quantitative estimate of drug-likeness (QED) is 0.645. The van der Waals surface area contributed by atoms with Crippen molar-refractivity contribution in [3.8, 4) is 0 Å². The molecule has 0 aliphatic rings. The number of thiophene rings is 1. The third kappa shape index (κ3) is 1.76. The number of nitrogens with zero attached hydrogens (tertiary/aromatic N) is 1. The maximum absolute atomic E-state index is 12.4. The molecule has 0 radical (unpaired) electrons. The molecule has 0 atom stereocenters. The van der Waals surface area contributed by atoms with E-state index in [4.69, 9.17) is 11.6 Å². The first-order chi connectivity index (χ1) is 8.66. The first kappa shape index (κ1) is 11.5. The number of rotatable bonds is 2. The van der Waals surface area contributed by atoms with Crippen molar-refractivity contribution in [3.63, 3.8) is 0 Å². The number of fused-ring (bicyclic) bond motifs is 1. The molecule has 1 aromatic carbocycles. The number of aromatic nitrogens is 1. The Bertz CT molecular complexity index is 728. The molecule has 4 heteroatoms. The minimum atomic E-state index is 0.0594. The van der Waals surface area contributed by atoms with Crippen LogP contribution >= 0.6 is 22.9 Å². The van der Waals surface area contributed by atoms with Gasteiger partial charge in [-0.25, -0.2) is 0 Å². The highest BCUT2D eigenvalue weighted by Gasteiger charge is 2.16. The summed E-state index contributed by atoms with van der Waals surface area (Å²) < 4.78 is 1.93. The van der Waals surface area contributed by atoms with Gasteiger partial charge in [0.15, 0.2) is 5.78 Å². The summed E-state index contributed by atoms with van der Waals surface area (Å²) in [7, 11) is 1.92. The standard InChI is InChI=1S/C14H10ClNOS/c1-16-7-12(14(17)9-4-5-18-8-9)11-3-2-10(15)6-13(11)16/h2-8H,1H3. The van der Waals surface area contributed by atoms with Gasteiger partial charge in [0.1, 0.15) is 0 Å². The van der Waals surface area contributed by atoms with Crippen LogP contribution < -0.4 is 0 Å². The molecule has 0 spiro atoms. The molecule has 0 bridgehead atoms. The van der Waals surface area contributed by atoms with Gasteiger partial charge in [0.05, 0.1) is 0 Å². The molecule has 90 valence electrons. The smallest absolute Gasteiger partial charge is 0.196 e. The molecule has 2 heterocycles. The summed E-state index contributed by atoms with van der Waals surface area (Å²) in [4.78, 5) is 12.4. The largest absolute Gasteiger partial charge is 0.350 e. The van der Waals surface area contributed by atoms with Gasteiger partial charge in [0.25, 0.3) is 0 Å². The topological polar surface area (TPSA) is 22.0 Å². The van der Waals surface area contributed by atoms with E-state index in [1.165, 1.54) is 11.3 Å². The molecule has 0 aliphatic heterocycles. The zero-order valence-corrected chi connectivity index (χ0v) is 11.3. The SMILES string of the molecule is Cn1cc(C(=O)c2ccsc2)c2ccc(Cl)cc21.